The van der Waals surface area contributed by atoms with Gasteiger partial charge in [-0.15, -0.1) is 0 Å². The van der Waals surface area contributed by atoms with Crippen LogP contribution in [-0.4, -0.2) is 0 Å². The first-order valence-electron chi connectivity index (χ1n) is 6.33. The summed E-state index contributed by atoms with van der Waals surface area (Å²) >= 11 is 0. The summed E-state index contributed by atoms with van der Waals surface area (Å²) in [5.74, 6) is 0. The maximum atomic E-state index is 3.87. The highest BCUT2D eigenvalue weighted by atomic mass is 14.2. The fourth-order valence-electron chi connectivity index (χ4n) is 2.05. The summed E-state index contributed by atoms with van der Waals surface area (Å²) in [6, 6.07) is 8.54. The second-order valence-corrected chi connectivity index (χ2v) is 4.43. The molecule has 0 aromatic heterocycles. The third-order valence-corrected chi connectivity index (χ3v) is 2.78. The quantitative estimate of drug-likeness (QED) is 0.632. The van der Waals surface area contributed by atoms with Crippen molar-refractivity contribution in [3.05, 3.63) is 42.0 Å². The summed E-state index contributed by atoms with van der Waals surface area (Å²) in [5.41, 5.74) is 2.95. The predicted octanol–water partition coefficient (Wildman–Crippen LogP) is 5.43. The molecule has 0 atom stereocenters. The largest absolute Gasteiger partial charge is 0.0985 e. The van der Waals surface area contributed by atoms with Crippen molar-refractivity contribution in [3.63, 3.8) is 0 Å². The van der Waals surface area contributed by atoms with Crippen molar-refractivity contribution in [1.82, 2.24) is 0 Å². The Labute approximate surface area is 101 Å². The van der Waals surface area contributed by atoms with E-state index in [0.717, 1.165) is 0 Å². The van der Waals surface area contributed by atoms with Gasteiger partial charge >= 0.3 is 0 Å². The smallest absolute Gasteiger partial charge is 0.00977 e. The van der Waals surface area contributed by atoms with Gasteiger partial charge in [-0.25, -0.2) is 0 Å². The lowest BCUT2D eigenvalue weighted by molar-refractivity contribution is 0.472. The molecule has 0 saturated carbocycles. The molecule has 0 aliphatic rings. The Hall–Kier alpha value is -1.04. The molecule has 0 unspecified atom stereocenters. The maximum absolute atomic E-state index is 3.87. The molecule has 0 saturated heterocycles. The Morgan fingerprint density at radius 2 is 1.75 bits per heavy atom. The van der Waals surface area contributed by atoms with Crippen LogP contribution >= 0.6 is 0 Å². The Morgan fingerprint density at radius 1 is 1.19 bits per heavy atom. The van der Waals surface area contributed by atoms with Crippen LogP contribution in [0.25, 0.3) is 6.08 Å². The van der Waals surface area contributed by atoms with Crippen molar-refractivity contribution in [2.24, 2.45) is 0 Å². The van der Waals surface area contributed by atoms with Crippen molar-refractivity contribution in [3.8, 4) is 0 Å². The van der Waals surface area contributed by atoms with Gasteiger partial charge in [0.1, 0.15) is 0 Å². The molecule has 0 spiro atoms. The summed E-state index contributed by atoms with van der Waals surface area (Å²) in [4.78, 5) is 0. The molecule has 0 aliphatic carbocycles. The molecule has 0 N–H and O–H groups in total. The molecular weight excluding hydrogens is 192 g/mol. The minimum atomic E-state index is 0.263. The Morgan fingerprint density at radius 3 is 2.25 bits per heavy atom. The molecule has 90 valence electrons. The third kappa shape index (κ3) is 3.84. The van der Waals surface area contributed by atoms with Crippen molar-refractivity contribution in [2.45, 2.75) is 52.9 Å². The number of hydrogen-bond acceptors (Lipinski definition) is 0. The molecule has 0 amide bonds. The van der Waals surface area contributed by atoms with Crippen LogP contribution in [0.3, 0.4) is 0 Å². The summed E-state index contributed by atoms with van der Waals surface area (Å²) in [7, 11) is 0. The summed E-state index contributed by atoms with van der Waals surface area (Å²) in [6.45, 7) is 14.7. The monoisotopic (exact) mass is 218 g/mol. The zero-order valence-corrected chi connectivity index (χ0v) is 11.5. The lowest BCUT2D eigenvalue weighted by atomic mass is 9.78. The van der Waals surface area contributed by atoms with Crippen molar-refractivity contribution < 1.29 is 0 Å². The molecule has 16 heavy (non-hydrogen) atoms. The lowest BCUT2D eigenvalue weighted by Gasteiger charge is -2.26. The van der Waals surface area contributed by atoms with Gasteiger partial charge in [0.05, 0.1) is 0 Å². The summed E-state index contributed by atoms with van der Waals surface area (Å²) in [5, 5.41) is 0. The van der Waals surface area contributed by atoms with Crippen LogP contribution in [0.15, 0.2) is 30.8 Å². The average molecular weight is 218 g/mol. The number of hydrogen-bond donors (Lipinski definition) is 0. The second kappa shape index (κ2) is 7.27. The molecule has 0 heterocycles. The zero-order chi connectivity index (χ0) is 12.6. The molecule has 0 radical (unpaired) electrons. The molecule has 0 heteroatoms. The maximum Gasteiger partial charge on any atom is -0.00977 e. The Balaban J connectivity index is 0.00000106. The molecule has 1 aromatic rings. The van der Waals surface area contributed by atoms with Gasteiger partial charge in [0, 0.05) is 0 Å². The highest BCUT2D eigenvalue weighted by Crippen LogP contribution is 2.31. The minimum Gasteiger partial charge on any atom is -0.0985 e. The first-order chi connectivity index (χ1) is 7.61. The van der Waals surface area contributed by atoms with Gasteiger partial charge in [0.2, 0.25) is 0 Å². The average Bonchev–Trinajstić information content (AvgIpc) is 2.31. The number of benzene rings is 1. The molecule has 1 rings (SSSR count). The number of rotatable bonds is 4. The van der Waals surface area contributed by atoms with E-state index in [-0.39, 0.29) is 5.41 Å². The topological polar surface area (TPSA) is 0 Å². The van der Waals surface area contributed by atoms with Crippen LogP contribution in [0.4, 0.5) is 0 Å². The van der Waals surface area contributed by atoms with Gasteiger partial charge in [-0.05, 0) is 23.0 Å². The first-order valence-corrected chi connectivity index (χ1v) is 6.33. The van der Waals surface area contributed by atoms with Crippen LogP contribution in [-0.2, 0) is 5.41 Å². The highest BCUT2D eigenvalue weighted by Gasteiger charge is 2.20. The molecule has 1 aromatic carbocycles. The predicted molar refractivity (Wildman–Crippen MR) is 75.8 cm³/mol. The van der Waals surface area contributed by atoms with Gasteiger partial charge in [0.15, 0.2) is 0 Å². The fraction of sp³-hybridized carbons (Fsp3) is 0.500. The van der Waals surface area contributed by atoms with E-state index in [9.17, 15) is 0 Å². The van der Waals surface area contributed by atoms with E-state index >= 15 is 0 Å². The molecule has 0 fully saturated rings. The van der Waals surface area contributed by atoms with Crippen LogP contribution in [0, 0.1) is 0 Å². The van der Waals surface area contributed by atoms with Gasteiger partial charge in [-0.1, -0.05) is 78.0 Å². The third-order valence-electron chi connectivity index (χ3n) is 2.78. The van der Waals surface area contributed by atoms with E-state index in [1.54, 1.807) is 0 Å². The van der Waals surface area contributed by atoms with Crippen molar-refractivity contribution >= 4 is 6.08 Å². The van der Waals surface area contributed by atoms with E-state index in [4.69, 9.17) is 0 Å². The van der Waals surface area contributed by atoms with E-state index < -0.39 is 0 Å². The van der Waals surface area contributed by atoms with Crippen molar-refractivity contribution in [1.29, 1.82) is 0 Å². The molecule has 0 nitrogen and oxygen atoms in total. The fourth-order valence-corrected chi connectivity index (χ4v) is 2.05. The Bertz CT molecular complexity index is 308. The van der Waals surface area contributed by atoms with Crippen molar-refractivity contribution in [2.75, 3.05) is 0 Å². The zero-order valence-electron chi connectivity index (χ0n) is 11.5. The van der Waals surface area contributed by atoms with Crippen LogP contribution in [0.5, 0.6) is 0 Å². The van der Waals surface area contributed by atoms with Crippen LogP contribution in [0.2, 0.25) is 0 Å². The SMILES string of the molecule is C=Cc1ccccc1C(C)(C)CCC.CC. The molecular formula is C16H26. The first kappa shape index (κ1) is 15.0. The van der Waals surface area contributed by atoms with E-state index in [1.165, 1.54) is 24.0 Å². The van der Waals surface area contributed by atoms with Crippen LogP contribution in [0.1, 0.15) is 58.6 Å². The summed E-state index contributed by atoms with van der Waals surface area (Å²) in [6.07, 6.45) is 4.39. The van der Waals surface area contributed by atoms with Gasteiger partial charge in [-0.3, -0.25) is 0 Å². The molecule has 0 bridgehead atoms. The summed E-state index contributed by atoms with van der Waals surface area (Å²) < 4.78 is 0. The lowest BCUT2D eigenvalue weighted by Crippen LogP contribution is -2.17. The van der Waals surface area contributed by atoms with E-state index in [1.807, 2.05) is 19.9 Å². The standard InChI is InChI=1S/C14H20.C2H6/c1-5-11-14(3,4)13-10-8-7-9-12(13)6-2;1-2/h6-10H,2,5,11H2,1,3-4H3;1-2H3. The van der Waals surface area contributed by atoms with Gasteiger partial charge < -0.3 is 0 Å². The second-order valence-electron chi connectivity index (χ2n) is 4.43. The minimum absolute atomic E-state index is 0.263. The highest BCUT2D eigenvalue weighted by molar-refractivity contribution is 5.53. The van der Waals surface area contributed by atoms with E-state index in [0.29, 0.717) is 0 Å². The van der Waals surface area contributed by atoms with Gasteiger partial charge in [-0.2, -0.15) is 0 Å². The Kier molecular flexibility index (Phi) is 6.80. The van der Waals surface area contributed by atoms with Crippen LogP contribution < -0.4 is 0 Å². The molecule has 0 aliphatic heterocycles. The van der Waals surface area contributed by atoms with Gasteiger partial charge in [0.25, 0.3) is 0 Å². The van der Waals surface area contributed by atoms with E-state index in [2.05, 4.69) is 51.6 Å². The normalized spacial score (nSPS) is 10.3.